The van der Waals surface area contributed by atoms with Crippen LogP contribution >= 0.6 is 0 Å². The Morgan fingerprint density at radius 3 is 2.29 bits per heavy atom. The van der Waals surface area contributed by atoms with E-state index in [0.29, 0.717) is 18.3 Å². The standard InChI is InChI=1S/C12H16O2/c1-3-10(14)12-9-5-4-8(6-9)11(12)7(2)13/h4-5,8-9,11-12H,3,6H2,1-2H3. The number of rotatable bonds is 3. The highest BCUT2D eigenvalue weighted by atomic mass is 16.1. The molecule has 4 unspecified atom stereocenters. The first-order chi connectivity index (χ1) is 6.65. The van der Waals surface area contributed by atoms with Crippen molar-refractivity contribution in [1.82, 2.24) is 0 Å². The van der Waals surface area contributed by atoms with Gasteiger partial charge in [0.1, 0.15) is 11.6 Å². The fourth-order valence-corrected chi connectivity index (χ4v) is 3.05. The Morgan fingerprint density at radius 2 is 1.79 bits per heavy atom. The fraction of sp³-hybridized carbons (Fsp3) is 0.667. The molecule has 0 amide bonds. The van der Waals surface area contributed by atoms with Crippen molar-refractivity contribution in [2.24, 2.45) is 23.7 Å². The van der Waals surface area contributed by atoms with E-state index in [9.17, 15) is 9.59 Å². The lowest BCUT2D eigenvalue weighted by atomic mass is 9.78. The summed E-state index contributed by atoms with van der Waals surface area (Å²) < 4.78 is 0. The van der Waals surface area contributed by atoms with Gasteiger partial charge in [-0.05, 0) is 25.2 Å². The minimum atomic E-state index is -0.0163. The maximum absolute atomic E-state index is 11.7. The van der Waals surface area contributed by atoms with E-state index in [2.05, 4.69) is 12.2 Å². The van der Waals surface area contributed by atoms with Crippen LogP contribution in [0, 0.1) is 23.7 Å². The van der Waals surface area contributed by atoms with Gasteiger partial charge in [-0.15, -0.1) is 0 Å². The molecule has 2 heteroatoms. The molecule has 0 saturated heterocycles. The van der Waals surface area contributed by atoms with Gasteiger partial charge in [0.05, 0.1) is 0 Å². The predicted octanol–water partition coefficient (Wildman–Crippen LogP) is 1.99. The fourth-order valence-electron chi connectivity index (χ4n) is 3.05. The van der Waals surface area contributed by atoms with E-state index < -0.39 is 0 Å². The van der Waals surface area contributed by atoms with Crippen molar-refractivity contribution in [3.63, 3.8) is 0 Å². The summed E-state index contributed by atoms with van der Waals surface area (Å²) in [5.41, 5.74) is 0. The molecule has 0 aromatic heterocycles. The molecule has 76 valence electrons. The van der Waals surface area contributed by atoms with Gasteiger partial charge < -0.3 is 0 Å². The van der Waals surface area contributed by atoms with Crippen LogP contribution in [0.3, 0.4) is 0 Å². The number of Topliss-reactive ketones (excluding diaryl/α,β-unsaturated/α-hetero) is 2. The highest BCUT2D eigenvalue weighted by Crippen LogP contribution is 2.48. The first-order valence-corrected chi connectivity index (χ1v) is 5.36. The molecule has 1 fully saturated rings. The normalized spacial score (nSPS) is 39.0. The molecule has 0 N–H and O–H groups in total. The Bertz CT molecular complexity index is 303. The van der Waals surface area contributed by atoms with Crippen molar-refractivity contribution in [2.75, 3.05) is 0 Å². The third-order valence-electron chi connectivity index (χ3n) is 3.65. The number of carbonyl (C=O) groups is 2. The smallest absolute Gasteiger partial charge is 0.137 e. The van der Waals surface area contributed by atoms with Gasteiger partial charge in [0.2, 0.25) is 0 Å². The van der Waals surface area contributed by atoms with Gasteiger partial charge in [-0.3, -0.25) is 9.59 Å². The average Bonchev–Trinajstić information content (AvgIpc) is 2.74. The quantitative estimate of drug-likeness (QED) is 0.641. The molecular weight excluding hydrogens is 176 g/mol. The molecule has 0 aromatic rings. The lowest BCUT2D eigenvalue weighted by Gasteiger charge is -2.24. The molecule has 2 aliphatic carbocycles. The summed E-state index contributed by atoms with van der Waals surface area (Å²) in [6.45, 7) is 3.50. The van der Waals surface area contributed by atoms with Crippen LogP contribution in [0.4, 0.5) is 0 Å². The summed E-state index contributed by atoms with van der Waals surface area (Å²) in [6, 6.07) is 0. The third kappa shape index (κ3) is 1.24. The lowest BCUT2D eigenvalue weighted by molar-refractivity contribution is -0.131. The zero-order chi connectivity index (χ0) is 10.3. The van der Waals surface area contributed by atoms with Crippen LogP contribution < -0.4 is 0 Å². The number of carbonyl (C=O) groups excluding carboxylic acids is 2. The maximum Gasteiger partial charge on any atom is 0.137 e. The summed E-state index contributed by atoms with van der Waals surface area (Å²) in [5, 5.41) is 0. The van der Waals surface area contributed by atoms with Crippen molar-refractivity contribution in [1.29, 1.82) is 0 Å². The Balaban J connectivity index is 2.26. The monoisotopic (exact) mass is 192 g/mol. The van der Waals surface area contributed by atoms with Gasteiger partial charge >= 0.3 is 0 Å². The van der Waals surface area contributed by atoms with Crippen LogP contribution in [0.25, 0.3) is 0 Å². The van der Waals surface area contributed by atoms with Gasteiger partial charge in [0.25, 0.3) is 0 Å². The Morgan fingerprint density at radius 1 is 1.21 bits per heavy atom. The number of allylic oxidation sites excluding steroid dienone is 2. The molecule has 4 atom stereocenters. The largest absolute Gasteiger partial charge is 0.300 e. The van der Waals surface area contributed by atoms with Crippen LogP contribution in [0.5, 0.6) is 0 Å². The molecule has 2 nitrogen and oxygen atoms in total. The predicted molar refractivity (Wildman–Crippen MR) is 53.7 cm³/mol. The molecule has 2 rings (SSSR count). The minimum Gasteiger partial charge on any atom is -0.300 e. The zero-order valence-electron chi connectivity index (χ0n) is 8.69. The van der Waals surface area contributed by atoms with E-state index in [1.54, 1.807) is 6.92 Å². The maximum atomic E-state index is 11.7. The number of fused-ring (bicyclic) bond motifs is 2. The lowest BCUT2D eigenvalue weighted by Crippen LogP contribution is -2.31. The Labute approximate surface area is 84.4 Å². The molecule has 1 saturated carbocycles. The summed E-state index contributed by atoms with van der Waals surface area (Å²) in [4.78, 5) is 23.2. The molecule has 2 aliphatic rings. The van der Waals surface area contributed by atoms with E-state index >= 15 is 0 Å². The first kappa shape index (κ1) is 9.63. The highest BCUT2D eigenvalue weighted by Gasteiger charge is 2.49. The van der Waals surface area contributed by atoms with E-state index in [4.69, 9.17) is 0 Å². The van der Waals surface area contributed by atoms with E-state index in [-0.39, 0.29) is 23.4 Å². The minimum absolute atomic E-state index is 0.00694. The average molecular weight is 192 g/mol. The second kappa shape index (κ2) is 3.34. The highest BCUT2D eigenvalue weighted by molar-refractivity contribution is 5.90. The van der Waals surface area contributed by atoms with Crippen LogP contribution in [-0.2, 0) is 9.59 Å². The second-order valence-electron chi connectivity index (χ2n) is 4.43. The van der Waals surface area contributed by atoms with E-state index in [1.165, 1.54) is 0 Å². The van der Waals surface area contributed by atoms with Gasteiger partial charge in [0, 0.05) is 18.3 Å². The zero-order valence-corrected chi connectivity index (χ0v) is 8.69. The molecule has 14 heavy (non-hydrogen) atoms. The second-order valence-corrected chi connectivity index (χ2v) is 4.43. The van der Waals surface area contributed by atoms with Crippen molar-refractivity contribution in [3.05, 3.63) is 12.2 Å². The molecule has 0 spiro atoms. The van der Waals surface area contributed by atoms with E-state index in [0.717, 1.165) is 6.42 Å². The van der Waals surface area contributed by atoms with Crippen molar-refractivity contribution >= 4 is 11.6 Å². The van der Waals surface area contributed by atoms with Gasteiger partial charge in [-0.1, -0.05) is 19.1 Å². The van der Waals surface area contributed by atoms with Gasteiger partial charge in [0.15, 0.2) is 0 Å². The molecular formula is C12H16O2. The first-order valence-electron chi connectivity index (χ1n) is 5.36. The van der Waals surface area contributed by atoms with Crippen LogP contribution in [0.1, 0.15) is 26.7 Å². The van der Waals surface area contributed by atoms with Crippen molar-refractivity contribution in [2.45, 2.75) is 26.7 Å². The van der Waals surface area contributed by atoms with Crippen LogP contribution in [-0.4, -0.2) is 11.6 Å². The summed E-state index contributed by atoms with van der Waals surface area (Å²) in [6.07, 6.45) is 5.82. The number of hydrogen-bond donors (Lipinski definition) is 0. The molecule has 0 aliphatic heterocycles. The van der Waals surface area contributed by atoms with Crippen molar-refractivity contribution < 1.29 is 9.59 Å². The third-order valence-corrected chi connectivity index (χ3v) is 3.65. The topological polar surface area (TPSA) is 34.1 Å². The molecule has 0 aromatic carbocycles. The summed E-state index contributed by atoms with van der Waals surface area (Å²) >= 11 is 0. The summed E-state index contributed by atoms with van der Waals surface area (Å²) in [5.74, 6) is 1.12. The molecule has 2 bridgehead atoms. The molecule has 0 radical (unpaired) electrons. The van der Waals surface area contributed by atoms with Gasteiger partial charge in [-0.25, -0.2) is 0 Å². The number of hydrogen-bond acceptors (Lipinski definition) is 2. The summed E-state index contributed by atoms with van der Waals surface area (Å²) in [7, 11) is 0. The van der Waals surface area contributed by atoms with Gasteiger partial charge in [-0.2, -0.15) is 0 Å². The Hall–Kier alpha value is -0.920. The number of ketones is 2. The van der Waals surface area contributed by atoms with Crippen molar-refractivity contribution in [3.8, 4) is 0 Å². The SMILES string of the molecule is CCC(=O)C1C2C=CC(C2)C1C(C)=O. The van der Waals surface area contributed by atoms with Crippen LogP contribution in [0.2, 0.25) is 0 Å². The Kier molecular flexibility index (Phi) is 2.30. The molecule has 0 heterocycles. The van der Waals surface area contributed by atoms with E-state index in [1.807, 2.05) is 6.92 Å². The van der Waals surface area contributed by atoms with Crippen LogP contribution in [0.15, 0.2) is 12.2 Å².